The molecule has 1 N–H and O–H groups in total. The highest BCUT2D eigenvalue weighted by atomic mass is 16.6. The van der Waals surface area contributed by atoms with Crippen molar-refractivity contribution in [2.24, 2.45) is 0 Å². The van der Waals surface area contributed by atoms with E-state index in [0.29, 0.717) is 6.54 Å². The molecular formula is C24H21NO2. The minimum Gasteiger partial charge on any atom is -0.439 e. The zero-order valence-electron chi connectivity index (χ0n) is 15.2. The van der Waals surface area contributed by atoms with Crippen molar-refractivity contribution in [1.29, 1.82) is 0 Å². The molecule has 1 fully saturated rings. The van der Waals surface area contributed by atoms with Gasteiger partial charge in [0.15, 0.2) is 0 Å². The van der Waals surface area contributed by atoms with E-state index in [1.165, 1.54) is 5.56 Å². The van der Waals surface area contributed by atoms with Gasteiger partial charge in [-0.05, 0) is 36.8 Å². The number of carbonyl (C=O) groups is 1. The molecule has 3 heteroatoms. The third-order valence-corrected chi connectivity index (χ3v) is 3.99. The molecule has 3 aromatic rings. The first-order chi connectivity index (χ1) is 13.2. The summed E-state index contributed by atoms with van der Waals surface area (Å²) in [6.07, 6.45) is -0.445. The molecule has 1 aliphatic rings. The van der Waals surface area contributed by atoms with Crippen LogP contribution in [0.4, 0.5) is 4.79 Å². The van der Waals surface area contributed by atoms with Crippen molar-refractivity contribution in [2.45, 2.75) is 13.0 Å². The van der Waals surface area contributed by atoms with Crippen LogP contribution in [-0.4, -0.2) is 12.6 Å². The van der Waals surface area contributed by atoms with Gasteiger partial charge in [0.05, 0.1) is 6.54 Å². The molecule has 1 atom stereocenters. The average Bonchev–Trinajstić information content (AvgIpc) is 3.15. The summed E-state index contributed by atoms with van der Waals surface area (Å²) in [5.41, 5.74) is 4.34. The summed E-state index contributed by atoms with van der Waals surface area (Å²) in [6, 6.07) is 28.0. The monoisotopic (exact) mass is 355 g/mol. The molecule has 1 amide bonds. The summed E-state index contributed by atoms with van der Waals surface area (Å²) in [5, 5.41) is 2.63. The van der Waals surface area contributed by atoms with Crippen molar-refractivity contribution in [2.75, 3.05) is 6.54 Å². The van der Waals surface area contributed by atoms with Crippen LogP contribution in [0.1, 0.15) is 28.4 Å². The lowest BCUT2D eigenvalue weighted by Crippen LogP contribution is -2.12. The first-order valence-electron chi connectivity index (χ1n) is 8.84. The molecule has 0 aliphatic carbocycles. The normalized spacial score (nSPS) is 14.7. The number of alkyl carbamates (subject to hydrolysis) is 1. The molecule has 0 unspecified atom stereocenters. The number of benzene rings is 3. The average molecular weight is 355 g/mol. The van der Waals surface area contributed by atoms with Crippen molar-refractivity contribution in [1.82, 2.24) is 5.32 Å². The molecule has 134 valence electrons. The summed E-state index contributed by atoms with van der Waals surface area (Å²) in [6.45, 7) is 2.59. The van der Waals surface area contributed by atoms with Crippen molar-refractivity contribution in [3.05, 3.63) is 107 Å². The third kappa shape index (κ3) is 5.76. The molecule has 1 saturated heterocycles. The predicted molar refractivity (Wildman–Crippen MR) is 107 cm³/mol. The van der Waals surface area contributed by atoms with E-state index in [2.05, 4.69) is 17.2 Å². The molecule has 0 radical (unpaired) electrons. The van der Waals surface area contributed by atoms with Gasteiger partial charge >= 0.3 is 6.09 Å². The Morgan fingerprint density at radius 3 is 1.93 bits per heavy atom. The summed E-state index contributed by atoms with van der Waals surface area (Å²) in [5.74, 6) is 6.22. The van der Waals surface area contributed by atoms with E-state index < -0.39 is 0 Å². The number of rotatable bonds is 1. The number of aryl methyl sites for hydroxylation is 1. The maximum Gasteiger partial charge on any atom is 0.407 e. The van der Waals surface area contributed by atoms with Crippen molar-refractivity contribution < 1.29 is 9.53 Å². The minimum atomic E-state index is -0.327. The highest BCUT2D eigenvalue weighted by molar-refractivity contribution is 5.69. The lowest BCUT2D eigenvalue weighted by atomic mass is 10.1. The van der Waals surface area contributed by atoms with Gasteiger partial charge in [0.2, 0.25) is 0 Å². The molecule has 27 heavy (non-hydrogen) atoms. The molecule has 1 heterocycles. The zero-order chi connectivity index (χ0) is 18.9. The second-order valence-corrected chi connectivity index (χ2v) is 6.17. The quantitative estimate of drug-likeness (QED) is 0.633. The SMILES string of the molecule is C(#Cc1ccccc1)c1ccccc1.Cc1cccc([C@H]2CNC(=O)O2)c1. The van der Waals surface area contributed by atoms with E-state index in [0.717, 1.165) is 16.7 Å². The van der Waals surface area contributed by atoms with Gasteiger partial charge in [-0.2, -0.15) is 0 Å². The molecule has 3 aromatic carbocycles. The lowest BCUT2D eigenvalue weighted by molar-refractivity contribution is 0.141. The highest BCUT2D eigenvalue weighted by Gasteiger charge is 2.23. The Morgan fingerprint density at radius 1 is 0.852 bits per heavy atom. The molecule has 0 saturated carbocycles. The summed E-state index contributed by atoms with van der Waals surface area (Å²) < 4.78 is 5.05. The number of ether oxygens (including phenoxy) is 1. The smallest absolute Gasteiger partial charge is 0.407 e. The van der Waals surface area contributed by atoms with Crippen LogP contribution >= 0.6 is 0 Å². The molecule has 3 nitrogen and oxygen atoms in total. The number of amides is 1. The maximum atomic E-state index is 10.8. The standard InChI is InChI=1S/C14H10.C10H11NO2/c1-3-7-13(8-4-1)11-12-14-9-5-2-6-10-14;1-7-3-2-4-8(5-7)9-6-11-10(12)13-9/h1-10H;2-5,9H,6H2,1H3,(H,11,12)/t;9-/m.1/s1. The molecule has 1 aliphatic heterocycles. The van der Waals surface area contributed by atoms with Crippen LogP contribution in [0, 0.1) is 18.8 Å². The first kappa shape index (κ1) is 18.3. The lowest BCUT2D eigenvalue weighted by Gasteiger charge is -2.07. The van der Waals surface area contributed by atoms with Crippen LogP contribution in [0.25, 0.3) is 0 Å². The van der Waals surface area contributed by atoms with Gasteiger partial charge in [-0.25, -0.2) is 4.79 Å². The second kappa shape index (κ2) is 9.26. The van der Waals surface area contributed by atoms with E-state index in [-0.39, 0.29) is 12.2 Å². The Morgan fingerprint density at radius 2 is 1.44 bits per heavy atom. The second-order valence-electron chi connectivity index (χ2n) is 6.17. The maximum absolute atomic E-state index is 10.8. The molecule has 0 aromatic heterocycles. The van der Waals surface area contributed by atoms with E-state index in [1.807, 2.05) is 91.9 Å². The van der Waals surface area contributed by atoms with Crippen LogP contribution < -0.4 is 5.32 Å². The number of nitrogens with one attached hydrogen (secondary N) is 1. The van der Waals surface area contributed by atoms with E-state index >= 15 is 0 Å². The first-order valence-corrected chi connectivity index (χ1v) is 8.84. The van der Waals surface area contributed by atoms with E-state index in [1.54, 1.807) is 0 Å². The van der Waals surface area contributed by atoms with Crippen LogP contribution in [0.2, 0.25) is 0 Å². The van der Waals surface area contributed by atoms with Crippen molar-refractivity contribution >= 4 is 6.09 Å². The van der Waals surface area contributed by atoms with Gasteiger partial charge < -0.3 is 10.1 Å². The Labute approximate surface area is 160 Å². The number of carbonyl (C=O) groups excluding carboxylic acids is 1. The van der Waals surface area contributed by atoms with Crippen LogP contribution in [0.5, 0.6) is 0 Å². The van der Waals surface area contributed by atoms with Gasteiger partial charge in [-0.15, -0.1) is 0 Å². The topological polar surface area (TPSA) is 38.3 Å². The zero-order valence-corrected chi connectivity index (χ0v) is 15.2. The van der Waals surface area contributed by atoms with Crippen LogP contribution in [0.3, 0.4) is 0 Å². The Kier molecular flexibility index (Phi) is 6.27. The fraction of sp³-hybridized carbons (Fsp3) is 0.125. The van der Waals surface area contributed by atoms with E-state index in [9.17, 15) is 4.79 Å². The summed E-state index contributed by atoms with van der Waals surface area (Å²) in [4.78, 5) is 10.8. The predicted octanol–water partition coefficient (Wildman–Crippen LogP) is 4.86. The highest BCUT2D eigenvalue weighted by Crippen LogP contribution is 2.21. The molecule has 0 bridgehead atoms. The van der Waals surface area contributed by atoms with Crippen LogP contribution in [-0.2, 0) is 4.74 Å². The van der Waals surface area contributed by atoms with Gasteiger partial charge in [0.25, 0.3) is 0 Å². The molecular weight excluding hydrogens is 334 g/mol. The van der Waals surface area contributed by atoms with Gasteiger partial charge in [-0.1, -0.05) is 78.1 Å². The summed E-state index contributed by atoms with van der Waals surface area (Å²) in [7, 11) is 0. The summed E-state index contributed by atoms with van der Waals surface area (Å²) >= 11 is 0. The van der Waals surface area contributed by atoms with Crippen molar-refractivity contribution in [3.8, 4) is 11.8 Å². The Balaban J connectivity index is 0.000000156. The van der Waals surface area contributed by atoms with Gasteiger partial charge in [-0.3, -0.25) is 0 Å². The Hall–Kier alpha value is -3.51. The van der Waals surface area contributed by atoms with Crippen molar-refractivity contribution in [3.63, 3.8) is 0 Å². The van der Waals surface area contributed by atoms with Gasteiger partial charge in [0, 0.05) is 11.1 Å². The third-order valence-electron chi connectivity index (χ3n) is 3.99. The molecule has 4 rings (SSSR count). The Bertz CT molecular complexity index is 897. The van der Waals surface area contributed by atoms with E-state index in [4.69, 9.17) is 4.74 Å². The number of cyclic esters (lactones) is 1. The molecule has 0 spiro atoms. The number of hydrogen-bond acceptors (Lipinski definition) is 2. The van der Waals surface area contributed by atoms with Gasteiger partial charge in [0.1, 0.15) is 6.10 Å². The largest absolute Gasteiger partial charge is 0.439 e. The fourth-order valence-electron chi connectivity index (χ4n) is 2.63. The van der Waals surface area contributed by atoms with Crippen LogP contribution in [0.15, 0.2) is 84.9 Å². The fourth-order valence-corrected chi connectivity index (χ4v) is 2.63. The number of hydrogen-bond donors (Lipinski definition) is 1. The minimum absolute atomic E-state index is 0.118.